The first-order valence-electron chi connectivity index (χ1n) is 5.10. The maximum absolute atomic E-state index is 11.3. The molecule has 1 fully saturated rings. The summed E-state index contributed by atoms with van der Waals surface area (Å²) in [5.41, 5.74) is 5.44. The van der Waals surface area contributed by atoms with Crippen molar-refractivity contribution in [2.45, 2.75) is 19.1 Å². The molecule has 0 aromatic carbocycles. The summed E-state index contributed by atoms with van der Waals surface area (Å²) in [6.07, 6.45) is 1.84. The molecule has 1 aliphatic rings. The SMILES string of the molecule is CS(=O)(=O)N1CC[C@H](OCc2nnc(N)s2)C1. The zero-order valence-corrected chi connectivity index (χ0v) is 11.0. The van der Waals surface area contributed by atoms with Crippen molar-refractivity contribution in [2.75, 3.05) is 25.1 Å². The molecule has 0 amide bonds. The fourth-order valence-corrected chi connectivity index (χ4v) is 3.05. The molecule has 9 heteroatoms. The Kier molecular flexibility index (Phi) is 3.61. The van der Waals surface area contributed by atoms with E-state index in [1.807, 2.05) is 0 Å². The lowest BCUT2D eigenvalue weighted by Gasteiger charge is -2.13. The molecule has 17 heavy (non-hydrogen) atoms. The van der Waals surface area contributed by atoms with Gasteiger partial charge in [-0.05, 0) is 6.42 Å². The molecular formula is C8H14N4O3S2. The molecule has 0 radical (unpaired) electrons. The van der Waals surface area contributed by atoms with Crippen molar-refractivity contribution in [2.24, 2.45) is 0 Å². The number of nitrogens with two attached hydrogens (primary N) is 1. The Hall–Kier alpha value is -0.770. The lowest BCUT2D eigenvalue weighted by Crippen LogP contribution is -2.29. The third kappa shape index (κ3) is 3.35. The van der Waals surface area contributed by atoms with Crippen molar-refractivity contribution in [3.05, 3.63) is 5.01 Å². The molecule has 0 saturated carbocycles. The summed E-state index contributed by atoms with van der Waals surface area (Å²) in [5.74, 6) is 0. The van der Waals surface area contributed by atoms with Gasteiger partial charge in [0, 0.05) is 13.1 Å². The van der Waals surface area contributed by atoms with E-state index in [1.54, 1.807) is 0 Å². The monoisotopic (exact) mass is 278 g/mol. The highest BCUT2D eigenvalue weighted by molar-refractivity contribution is 7.88. The quantitative estimate of drug-likeness (QED) is 0.810. The van der Waals surface area contributed by atoms with Crippen LogP contribution in [0, 0.1) is 0 Å². The average Bonchev–Trinajstić information content (AvgIpc) is 2.82. The largest absolute Gasteiger partial charge is 0.374 e. The summed E-state index contributed by atoms with van der Waals surface area (Å²) in [7, 11) is -3.11. The molecule has 1 aromatic rings. The molecule has 0 aliphatic carbocycles. The normalized spacial score (nSPS) is 22.1. The number of ether oxygens (including phenoxy) is 1. The Morgan fingerprint density at radius 2 is 2.35 bits per heavy atom. The fraction of sp³-hybridized carbons (Fsp3) is 0.750. The van der Waals surface area contributed by atoms with Crippen molar-refractivity contribution in [3.8, 4) is 0 Å². The van der Waals surface area contributed by atoms with Gasteiger partial charge in [0.05, 0.1) is 12.4 Å². The van der Waals surface area contributed by atoms with E-state index in [9.17, 15) is 8.42 Å². The topological polar surface area (TPSA) is 98.4 Å². The van der Waals surface area contributed by atoms with Crippen LogP contribution in [0.1, 0.15) is 11.4 Å². The van der Waals surface area contributed by atoms with Gasteiger partial charge in [0.1, 0.15) is 11.6 Å². The smallest absolute Gasteiger partial charge is 0.211 e. The number of anilines is 1. The van der Waals surface area contributed by atoms with Gasteiger partial charge in [-0.2, -0.15) is 4.31 Å². The Morgan fingerprint density at radius 1 is 1.59 bits per heavy atom. The molecule has 2 N–H and O–H groups in total. The van der Waals surface area contributed by atoms with Gasteiger partial charge in [0.15, 0.2) is 0 Å². The van der Waals surface area contributed by atoms with Crippen molar-refractivity contribution in [1.82, 2.24) is 14.5 Å². The highest BCUT2D eigenvalue weighted by atomic mass is 32.2. The van der Waals surface area contributed by atoms with Gasteiger partial charge >= 0.3 is 0 Å². The molecule has 2 heterocycles. The third-order valence-corrected chi connectivity index (χ3v) is 4.50. The van der Waals surface area contributed by atoms with Crippen LogP contribution in [0.2, 0.25) is 0 Å². The molecule has 0 unspecified atom stereocenters. The molecule has 1 aliphatic heterocycles. The van der Waals surface area contributed by atoms with E-state index in [-0.39, 0.29) is 6.10 Å². The number of hydrogen-bond donors (Lipinski definition) is 1. The van der Waals surface area contributed by atoms with Crippen LogP contribution in [0.3, 0.4) is 0 Å². The first-order chi connectivity index (χ1) is 7.95. The maximum atomic E-state index is 11.3. The van der Waals surface area contributed by atoms with Crippen molar-refractivity contribution in [1.29, 1.82) is 0 Å². The summed E-state index contributed by atoms with van der Waals surface area (Å²) in [6, 6.07) is 0. The molecule has 1 aromatic heterocycles. The minimum Gasteiger partial charge on any atom is -0.374 e. The van der Waals surface area contributed by atoms with E-state index in [4.69, 9.17) is 10.5 Å². The maximum Gasteiger partial charge on any atom is 0.211 e. The predicted octanol–water partition coefficient (Wildman–Crippen LogP) is -0.329. The van der Waals surface area contributed by atoms with Crippen LogP contribution in [0.4, 0.5) is 5.13 Å². The summed E-state index contributed by atoms with van der Waals surface area (Å²) < 4.78 is 29.6. The van der Waals surface area contributed by atoms with Crippen LogP contribution >= 0.6 is 11.3 Å². The Bertz CT molecular complexity index is 487. The molecule has 2 rings (SSSR count). The number of aromatic nitrogens is 2. The second-order valence-electron chi connectivity index (χ2n) is 3.88. The van der Waals surface area contributed by atoms with Crippen LogP contribution in [-0.4, -0.2) is 48.4 Å². The van der Waals surface area contributed by atoms with Crippen molar-refractivity contribution < 1.29 is 13.2 Å². The number of sulfonamides is 1. The van der Waals surface area contributed by atoms with Crippen LogP contribution in [-0.2, 0) is 21.4 Å². The third-order valence-electron chi connectivity index (χ3n) is 2.50. The Morgan fingerprint density at radius 3 is 2.88 bits per heavy atom. The van der Waals surface area contributed by atoms with Crippen LogP contribution in [0.15, 0.2) is 0 Å². The number of hydrogen-bond acceptors (Lipinski definition) is 7. The molecule has 7 nitrogen and oxygen atoms in total. The van der Waals surface area contributed by atoms with Gasteiger partial charge in [-0.1, -0.05) is 11.3 Å². The minimum atomic E-state index is -3.11. The van der Waals surface area contributed by atoms with E-state index in [0.717, 1.165) is 0 Å². The summed E-state index contributed by atoms with van der Waals surface area (Å²) in [4.78, 5) is 0. The standard InChI is InChI=1S/C8H14N4O3S2/c1-17(13,14)12-3-2-6(4-12)15-5-7-10-11-8(9)16-7/h6H,2-5H2,1H3,(H2,9,11)/t6-/m0/s1. The van der Waals surface area contributed by atoms with Crippen molar-refractivity contribution in [3.63, 3.8) is 0 Å². The van der Waals surface area contributed by atoms with Crippen molar-refractivity contribution >= 4 is 26.5 Å². The van der Waals surface area contributed by atoms with Gasteiger partial charge in [0.2, 0.25) is 15.2 Å². The zero-order valence-electron chi connectivity index (χ0n) is 9.37. The van der Waals surface area contributed by atoms with E-state index < -0.39 is 10.0 Å². The Balaban J connectivity index is 1.82. The summed E-state index contributed by atoms with van der Waals surface area (Å²) in [5, 5.41) is 8.63. The van der Waals surface area contributed by atoms with E-state index in [1.165, 1.54) is 21.9 Å². The Labute approximate surface area is 104 Å². The fourth-order valence-electron chi connectivity index (χ4n) is 1.65. The second kappa shape index (κ2) is 4.84. The molecular weight excluding hydrogens is 264 g/mol. The van der Waals surface area contributed by atoms with Gasteiger partial charge in [0.25, 0.3) is 0 Å². The average molecular weight is 278 g/mol. The van der Waals surface area contributed by atoms with Crippen LogP contribution < -0.4 is 5.73 Å². The van der Waals surface area contributed by atoms with E-state index in [2.05, 4.69) is 10.2 Å². The second-order valence-corrected chi connectivity index (χ2v) is 6.95. The first kappa shape index (κ1) is 12.7. The number of nitrogen functional groups attached to an aromatic ring is 1. The first-order valence-corrected chi connectivity index (χ1v) is 7.76. The van der Waals surface area contributed by atoms with Gasteiger partial charge in [-0.25, -0.2) is 8.42 Å². The van der Waals surface area contributed by atoms with E-state index in [0.29, 0.717) is 36.3 Å². The molecule has 0 bridgehead atoms. The number of nitrogens with zero attached hydrogens (tertiary/aromatic N) is 3. The predicted molar refractivity (Wildman–Crippen MR) is 63.9 cm³/mol. The summed E-state index contributed by atoms with van der Waals surface area (Å²) >= 11 is 1.28. The lowest BCUT2D eigenvalue weighted by atomic mass is 10.3. The molecule has 1 saturated heterocycles. The molecule has 96 valence electrons. The lowest BCUT2D eigenvalue weighted by molar-refractivity contribution is 0.0505. The highest BCUT2D eigenvalue weighted by Gasteiger charge is 2.29. The summed E-state index contributed by atoms with van der Waals surface area (Å²) in [6.45, 7) is 1.26. The van der Waals surface area contributed by atoms with E-state index >= 15 is 0 Å². The number of rotatable bonds is 4. The van der Waals surface area contributed by atoms with Gasteiger partial charge in [-0.3, -0.25) is 0 Å². The molecule has 0 spiro atoms. The van der Waals surface area contributed by atoms with Crippen LogP contribution in [0.25, 0.3) is 0 Å². The van der Waals surface area contributed by atoms with Gasteiger partial charge < -0.3 is 10.5 Å². The minimum absolute atomic E-state index is 0.0742. The molecule has 1 atom stereocenters. The highest BCUT2D eigenvalue weighted by Crippen LogP contribution is 2.18. The zero-order chi connectivity index (χ0) is 12.5. The van der Waals surface area contributed by atoms with Gasteiger partial charge in [-0.15, -0.1) is 10.2 Å². The van der Waals surface area contributed by atoms with Crippen LogP contribution in [0.5, 0.6) is 0 Å².